The quantitative estimate of drug-likeness (QED) is 0.492. The summed E-state index contributed by atoms with van der Waals surface area (Å²) >= 11 is 0.125. The van der Waals surface area contributed by atoms with Gasteiger partial charge in [0.25, 0.3) is 0 Å². The van der Waals surface area contributed by atoms with Gasteiger partial charge in [0, 0.05) is 38.6 Å². The van der Waals surface area contributed by atoms with E-state index < -0.39 is 0 Å². The van der Waals surface area contributed by atoms with Crippen molar-refractivity contribution >= 4 is 25.8 Å². The van der Waals surface area contributed by atoms with Crippen LogP contribution in [0, 0.1) is 38.6 Å². The van der Waals surface area contributed by atoms with Crippen molar-refractivity contribution in [2.24, 2.45) is 0 Å². The van der Waals surface area contributed by atoms with Gasteiger partial charge < -0.3 is 0 Å². The van der Waals surface area contributed by atoms with Gasteiger partial charge in [0.15, 0.2) is 0 Å². The van der Waals surface area contributed by atoms with Gasteiger partial charge in [-0.05, 0) is 0 Å². The third-order valence-electron chi connectivity index (χ3n) is 0. The van der Waals surface area contributed by atoms with E-state index in [1.54, 1.807) is 0 Å². The fraction of sp³-hybridized carbons (Fsp3) is 0. The molecule has 0 unspecified atom stereocenters. The average Bonchev–Trinajstić information content (AvgIpc) is 1.00. The van der Waals surface area contributed by atoms with Crippen LogP contribution in [-0.2, 0) is 21.8 Å². The number of hydrogen-bond donors (Lipinski definition) is 0. The first-order valence-corrected chi connectivity index (χ1v) is 1.50. The zero-order valence-corrected chi connectivity index (χ0v) is 6.55. The second-order valence-corrected chi connectivity index (χ2v) is 0. The van der Waals surface area contributed by atoms with Crippen LogP contribution in [0.5, 0.6) is 0 Å². The largest absolute Gasteiger partial charge is 0 e. The Morgan fingerprint density at radius 1 is 1.25 bits per heavy atom. The molecule has 0 N–H and O–H groups in total. The molecule has 0 amide bonds. The normalized spacial score (nSPS) is 1.50. The summed E-state index contributed by atoms with van der Waals surface area (Å²) in [6.45, 7) is 0. The van der Waals surface area contributed by atoms with Gasteiger partial charge in [0.05, 0.1) is 0 Å². The second kappa shape index (κ2) is 17.6. The van der Waals surface area contributed by atoms with E-state index in [0.29, 0.717) is 0 Å². The van der Waals surface area contributed by atoms with Gasteiger partial charge in [-0.25, -0.2) is 0 Å². The van der Waals surface area contributed by atoms with E-state index in [2.05, 4.69) is 0 Å². The van der Waals surface area contributed by atoms with Crippen LogP contribution in [0.3, 0.4) is 0 Å². The first-order chi connectivity index (χ1) is 1.00. The minimum Gasteiger partial charge on any atom is 0 e. The van der Waals surface area contributed by atoms with Crippen LogP contribution in [0.1, 0.15) is 0 Å². The molecule has 0 aliphatic heterocycles. The van der Waals surface area contributed by atoms with Gasteiger partial charge in [0.1, 0.15) is 0 Å². The predicted octanol–water partition coefficient (Wildman–Crippen LogP) is -1.31. The molecule has 0 aromatic heterocycles. The Bertz CT molecular complexity index is 8.00. The van der Waals surface area contributed by atoms with E-state index in [9.17, 15) is 0 Å². The minimum absolute atomic E-state index is 0. The number of rotatable bonds is 0. The summed E-state index contributed by atoms with van der Waals surface area (Å²) in [7, 11) is 0. The van der Waals surface area contributed by atoms with Crippen molar-refractivity contribution in [1.29, 1.82) is 0 Å². The van der Waals surface area contributed by atoms with Gasteiger partial charge >= 0.3 is 47.7 Å². The molecule has 4 heavy (non-hydrogen) atoms. The summed E-state index contributed by atoms with van der Waals surface area (Å²) in [5, 5.41) is 0. The summed E-state index contributed by atoms with van der Waals surface area (Å²) in [5.74, 6) is 0. The molecule has 4 heteroatoms. The Morgan fingerprint density at radius 3 is 1.25 bits per heavy atom. The fourth-order valence-corrected chi connectivity index (χ4v) is 0. The van der Waals surface area contributed by atoms with Crippen LogP contribution < -0.4 is 0 Å². The van der Waals surface area contributed by atoms with Crippen molar-refractivity contribution in [1.82, 2.24) is 0 Å². The maximum Gasteiger partial charge on any atom is 0 e. The molecule has 0 heterocycles. The molecule has 0 spiro atoms. The van der Waals surface area contributed by atoms with Crippen molar-refractivity contribution in [3.63, 3.8) is 0 Å². The van der Waals surface area contributed by atoms with Crippen LogP contribution in [0.4, 0.5) is 0 Å². The Kier molecular flexibility index (Phi) is 70.3. The Labute approximate surface area is 84.4 Å². The Hall–Kier alpha value is 2.58. The molecule has 0 saturated carbocycles. The van der Waals surface area contributed by atoms with E-state index in [1.807, 2.05) is 0 Å². The summed E-state index contributed by atoms with van der Waals surface area (Å²) in [5.41, 5.74) is 0. The standard InChI is InChI=1S/In.O.Tb.Zn.3H. The van der Waals surface area contributed by atoms with Crippen LogP contribution >= 0.6 is 0 Å². The monoisotopic (exact) mass is 357 g/mol. The van der Waals surface area contributed by atoms with Gasteiger partial charge in [-0.3, -0.25) is 0 Å². The minimum atomic E-state index is 0. The van der Waals surface area contributed by atoms with Crippen molar-refractivity contribution in [3.8, 4) is 0 Å². The van der Waals surface area contributed by atoms with E-state index in [-0.39, 0.29) is 82.7 Å². The molecule has 0 aliphatic carbocycles. The fourth-order valence-electron chi connectivity index (χ4n) is 0. The molecule has 1 nitrogen and oxygen atoms in total. The SMILES string of the molecule is [InH3].[O]=[Zn].[Tb]. The number of hydrogen-bond acceptors (Lipinski definition) is 1. The van der Waals surface area contributed by atoms with E-state index in [4.69, 9.17) is 3.57 Å². The molecular formula is H3InOTbZn. The van der Waals surface area contributed by atoms with Crippen molar-refractivity contribution in [3.05, 3.63) is 0 Å². The zero-order valence-electron chi connectivity index (χ0n) is 1.45. The van der Waals surface area contributed by atoms with E-state index in [0.717, 1.165) is 0 Å². The Morgan fingerprint density at radius 2 is 1.25 bits per heavy atom. The van der Waals surface area contributed by atoms with Crippen molar-refractivity contribution in [2.45, 2.75) is 0 Å². The predicted molar refractivity (Wildman–Crippen MR) is 10.6 cm³/mol. The van der Waals surface area contributed by atoms with E-state index >= 15 is 0 Å². The van der Waals surface area contributed by atoms with Gasteiger partial charge in [0.2, 0.25) is 0 Å². The van der Waals surface area contributed by atoms with Crippen molar-refractivity contribution in [2.75, 3.05) is 0 Å². The summed E-state index contributed by atoms with van der Waals surface area (Å²) in [6.07, 6.45) is 0. The average molecular weight is 358 g/mol. The first kappa shape index (κ1) is 16.0. The van der Waals surface area contributed by atoms with Crippen LogP contribution in [-0.4, -0.2) is 25.8 Å². The smallest absolute Gasteiger partial charge is 0 e. The molecule has 0 saturated heterocycles. The maximum atomic E-state index is 8.38. The van der Waals surface area contributed by atoms with Crippen molar-refractivity contribution < 1.29 is 60.4 Å². The topological polar surface area (TPSA) is 17.1 Å². The van der Waals surface area contributed by atoms with E-state index in [1.165, 1.54) is 0 Å². The molecular weight excluding hydrogens is 355 g/mol. The maximum absolute atomic E-state index is 8.38. The third-order valence-corrected chi connectivity index (χ3v) is 0. The molecule has 23 valence electrons. The van der Waals surface area contributed by atoms with Gasteiger partial charge in [-0.2, -0.15) is 0 Å². The Balaban J connectivity index is -0.00000000500. The van der Waals surface area contributed by atoms with Gasteiger partial charge in [-0.15, -0.1) is 0 Å². The van der Waals surface area contributed by atoms with Crippen LogP contribution in [0.2, 0.25) is 0 Å². The molecule has 0 aromatic carbocycles. The molecule has 0 bridgehead atoms. The molecule has 0 fully saturated rings. The summed E-state index contributed by atoms with van der Waals surface area (Å²) in [6, 6.07) is 0. The third kappa shape index (κ3) is 8.82. The summed E-state index contributed by atoms with van der Waals surface area (Å²) < 4.78 is 8.38. The molecule has 0 atom stereocenters. The van der Waals surface area contributed by atoms with Gasteiger partial charge in [-0.1, -0.05) is 0 Å². The zero-order chi connectivity index (χ0) is 2.00. The van der Waals surface area contributed by atoms with Crippen LogP contribution in [0.15, 0.2) is 0 Å². The molecule has 1 radical (unpaired) electrons. The second-order valence-electron chi connectivity index (χ2n) is 0. The molecule has 0 rings (SSSR count). The molecule has 0 aliphatic rings. The van der Waals surface area contributed by atoms with Crippen LogP contribution in [0.25, 0.3) is 0 Å². The summed E-state index contributed by atoms with van der Waals surface area (Å²) in [4.78, 5) is 0. The molecule has 0 aromatic rings. The first-order valence-electron chi connectivity index (χ1n) is 0.289.